The second-order valence-electron chi connectivity index (χ2n) is 3.53. The molecule has 18 heavy (non-hydrogen) atoms. The Kier molecular flexibility index (Phi) is 4.12. The van der Waals surface area contributed by atoms with Gasteiger partial charge in [-0.2, -0.15) is 0 Å². The van der Waals surface area contributed by atoms with Crippen LogP contribution in [0, 0.1) is 0 Å². The third-order valence-electron chi connectivity index (χ3n) is 2.26. The van der Waals surface area contributed by atoms with Crippen LogP contribution in [0.1, 0.15) is 15.9 Å². The Morgan fingerprint density at radius 2 is 2.00 bits per heavy atom. The quantitative estimate of drug-likeness (QED) is 0.881. The minimum atomic E-state index is -0.252. The van der Waals surface area contributed by atoms with Gasteiger partial charge in [0.2, 0.25) is 0 Å². The molecule has 2 aromatic rings. The molecule has 92 valence electrons. The van der Waals surface area contributed by atoms with Gasteiger partial charge in [0.1, 0.15) is 5.15 Å². The molecule has 1 amide bonds. The molecule has 0 atom stereocenters. The molecule has 2 rings (SSSR count). The van der Waals surface area contributed by atoms with Gasteiger partial charge in [-0.25, -0.2) is 4.98 Å². The molecule has 1 N–H and O–H groups in total. The number of halogens is 2. The number of pyridine rings is 2. The van der Waals surface area contributed by atoms with Crippen LogP contribution in [0.25, 0.3) is 0 Å². The van der Waals surface area contributed by atoms with Crippen molar-refractivity contribution in [1.29, 1.82) is 0 Å². The maximum atomic E-state index is 11.8. The molecule has 2 heterocycles. The standard InChI is InChI=1S/C12H9Cl2N3O/c13-10-5-9(7-16-11(10)14)12(18)17-6-8-1-3-15-4-2-8/h1-5,7H,6H2,(H,17,18). The molecule has 0 radical (unpaired) electrons. The van der Waals surface area contributed by atoms with Crippen molar-refractivity contribution in [3.05, 3.63) is 58.1 Å². The molecule has 0 fully saturated rings. The predicted octanol–water partition coefficient (Wildman–Crippen LogP) is 2.71. The summed E-state index contributed by atoms with van der Waals surface area (Å²) in [6.07, 6.45) is 4.72. The highest BCUT2D eigenvalue weighted by Crippen LogP contribution is 2.19. The topological polar surface area (TPSA) is 54.9 Å². The summed E-state index contributed by atoms with van der Waals surface area (Å²) < 4.78 is 0. The van der Waals surface area contributed by atoms with Crippen LogP contribution in [0.4, 0.5) is 0 Å². The second kappa shape index (κ2) is 5.80. The van der Waals surface area contributed by atoms with Crippen LogP contribution < -0.4 is 5.32 Å². The van der Waals surface area contributed by atoms with E-state index in [2.05, 4.69) is 15.3 Å². The number of nitrogens with one attached hydrogen (secondary N) is 1. The molecule has 0 unspecified atom stereocenters. The Balaban J connectivity index is 2.02. The molecule has 0 saturated carbocycles. The van der Waals surface area contributed by atoms with Crippen LogP contribution >= 0.6 is 23.2 Å². The van der Waals surface area contributed by atoms with E-state index in [1.165, 1.54) is 12.3 Å². The zero-order valence-corrected chi connectivity index (χ0v) is 10.7. The van der Waals surface area contributed by atoms with Crippen molar-refractivity contribution < 1.29 is 4.79 Å². The normalized spacial score (nSPS) is 10.1. The molecule has 0 spiro atoms. The van der Waals surface area contributed by atoms with Gasteiger partial charge in [-0.1, -0.05) is 23.2 Å². The van der Waals surface area contributed by atoms with Crippen LogP contribution in [0.15, 0.2) is 36.8 Å². The lowest BCUT2D eigenvalue weighted by Gasteiger charge is -2.05. The highest BCUT2D eigenvalue weighted by Gasteiger charge is 2.08. The summed E-state index contributed by atoms with van der Waals surface area (Å²) >= 11 is 11.5. The summed E-state index contributed by atoms with van der Waals surface area (Å²) in [5.74, 6) is -0.252. The SMILES string of the molecule is O=C(NCc1ccncc1)c1cnc(Cl)c(Cl)c1. The Labute approximate surface area is 114 Å². The number of amides is 1. The van der Waals surface area contributed by atoms with Gasteiger partial charge in [0.15, 0.2) is 0 Å². The van der Waals surface area contributed by atoms with Crippen molar-refractivity contribution in [1.82, 2.24) is 15.3 Å². The molecule has 0 saturated heterocycles. The summed E-state index contributed by atoms with van der Waals surface area (Å²) in [6.45, 7) is 0.418. The van der Waals surface area contributed by atoms with Crippen LogP contribution in [0.5, 0.6) is 0 Å². The smallest absolute Gasteiger partial charge is 0.253 e. The zero-order chi connectivity index (χ0) is 13.0. The van der Waals surface area contributed by atoms with Crippen molar-refractivity contribution in [2.75, 3.05) is 0 Å². The fourth-order valence-corrected chi connectivity index (χ4v) is 1.60. The van der Waals surface area contributed by atoms with Gasteiger partial charge in [-0.15, -0.1) is 0 Å². The van der Waals surface area contributed by atoms with E-state index in [9.17, 15) is 4.79 Å². The first-order chi connectivity index (χ1) is 8.66. The molecule has 0 aromatic carbocycles. The molecule has 2 aromatic heterocycles. The van der Waals surface area contributed by atoms with E-state index in [4.69, 9.17) is 23.2 Å². The first-order valence-corrected chi connectivity index (χ1v) is 5.90. The van der Waals surface area contributed by atoms with Crippen molar-refractivity contribution >= 4 is 29.1 Å². The lowest BCUT2D eigenvalue weighted by atomic mass is 10.2. The summed E-state index contributed by atoms with van der Waals surface area (Å²) in [5, 5.41) is 3.19. The lowest BCUT2D eigenvalue weighted by molar-refractivity contribution is 0.0950. The molecule has 4 nitrogen and oxygen atoms in total. The highest BCUT2D eigenvalue weighted by molar-refractivity contribution is 6.41. The number of aromatic nitrogens is 2. The third-order valence-corrected chi connectivity index (χ3v) is 2.95. The largest absolute Gasteiger partial charge is 0.348 e. The molecule has 0 aliphatic heterocycles. The zero-order valence-electron chi connectivity index (χ0n) is 9.23. The molecule has 0 bridgehead atoms. The number of nitrogens with zero attached hydrogens (tertiary/aromatic N) is 2. The maximum absolute atomic E-state index is 11.8. The molecular formula is C12H9Cl2N3O. The van der Waals surface area contributed by atoms with E-state index < -0.39 is 0 Å². The maximum Gasteiger partial charge on any atom is 0.253 e. The molecular weight excluding hydrogens is 273 g/mol. The van der Waals surface area contributed by atoms with E-state index in [-0.39, 0.29) is 16.1 Å². The van der Waals surface area contributed by atoms with Gasteiger partial charge in [0, 0.05) is 25.1 Å². The van der Waals surface area contributed by atoms with Gasteiger partial charge in [0.25, 0.3) is 5.91 Å². The van der Waals surface area contributed by atoms with Crippen molar-refractivity contribution in [3.63, 3.8) is 0 Å². The Morgan fingerprint density at radius 1 is 1.28 bits per heavy atom. The van der Waals surface area contributed by atoms with Gasteiger partial charge < -0.3 is 5.32 Å². The number of hydrogen-bond acceptors (Lipinski definition) is 3. The van der Waals surface area contributed by atoms with Crippen molar-refractivity contribution in [2.24, 2.45) is 0 Å². The lowest BCUT2D eigenvalue weighted by Crippen LogP contribution is -2.22. The fourth-order valence-electron chi connectivity index (χ4n) is 1.33. The summed E-state index contributed by atoms with van der Waals surface area (Å²) in [5.41, 5.74) is 1.34. The Bertz CT molecular complexity index is 561. The second-order valence-corrected chi connectivity index (χ2v) is 4.30. The average molecular weight is 282 g/mol. The average Bonchev–Trinajstić information content (AvgIpc) is 2.40. The summed E-state index contributed by atoms with van der Waals surface area (Å²) in [7, 11) is 0. The van der Waals surface area contributed by atoms with E-state index in [0.29, 0.717) is 12.1 Å². The third kappa shape index (κ3) is 3.18. The number of hydrogen-bond donors (Lipinski definition) is 1. The minimum Gasteiger partial charge on any atom is -0.348 e. The van der Waals surface area contributed by atoms with Crippen molar-refractivity contribution in [3.8, 4) is 0 Å². The molecule has 6 heteroatoms. The van der Waals surface area contributed by atoms with Crippen LogP contribution in [0.3, 0.4) is 0 Å². The van der Waals surface area contributed by atoms with Gasteiger partial charge in [-0.3, -0.25) is 9.78 Å². The van der Waals surface area contributed by atoms with Crippen LogP contribution in [-0.4, -0.2) is 15.9 Å². The summed E-state index contributed by atoms with van der Waals surface area (Å²) in [4.78, 5) is 19.5. The van der Waals surface area contributed by atoms with Gasteiger partial charge >= 0.3 is 0 Å². The van der Waals surface area contributed by atoms with Gasteiger partial charge in [0.05, 0.1) is 10.6 Å². The molecule has 0 aliphatic carbocycles. The minimum absolute atomic E-state index is 0.183. The monoisotopic (exact) mass is 281 g/mol. The van der Waals surface area contributed by atoms with E-state index in [1.807, 2.05) is 12.1 Å². The number of carbonyl (C=O) groups excluding carboxylic acids is 1. The van der Waals surface area contributed by atoms with E-state index in [0.717, 1.165) is 5.56 Å². The summed E-state index contributed by atoms with van der Waals surface area (Å²) in [6, 6.07) is 5.14. The highest BCUT2D eigenvalue weighted by atomic mass is 35.5. The fraction of sp³-hybridized carbons (Fsp3) is 0.0833. The van der Waals surface area contributed by atoms with Crippen LogP contribution in [0.2, 0.25) is 10.2 Å². The molecule has 0 aliphatic rings. The predicted molar refractivity (Wildman–Crippen MR) is 69.7 cm³/mol. The van der Waals surface area contributed by atoms with E-state index >= 15 is 0 Å². The van der Waals surface area contributed by atoms with Crippen molar-refractivity contribution in [2.45, 2.75) is 6.54 Å². The number of carbonyl (C=O) groups is 1. The Hall–Kier alpha value is -1.65. The Morgan fingerprint density at radius 3 is 2.67 bits per heavy atom. The van der Waals surface area contributed by atoms with E-state index in [1.54, 1.807) is 12.4 Å². The van der Waals surface area contributed by atoms with Gasteiger partial charge in [-0.05, 0) is 23.8 Å². The first kappa shape index (κ1) is 12.8. The first-order valence-electron chi connectivity index (χ1n) is 5.15. The van der Waals surface area contributed by atoms with Crippen LogP contribution in [-0.2, 0) is 6.54 Å². The number of rotatable bonds is 3.